The van der Waals surface area contributed by atoms with Crippen LogP contribution in [-0.2, 0) is 13.6 Å². The molecule has 9 heteroatoms. The summed E-state index contributed by atoms with van der Waals surface area (Å²) in [5.74, 6) is 2.27. The second kappa shape index (κ2) is 10.2. The van der Waals surface area contributed by atoms with E-state index in [-0.39, 0.29) is 35.5 Å². The number of ether oxygens (including phenoxy) is 1. The molecule has 0 saturated heterocycles. The molecule has 0 aliphatic rings. The molecular weight excluding hydrogens is 438 g/mol. The Balaban J connectivity index is 0.00000312. The number of para-hydroxylation sites is 1. The number of nitrogens with zero attached hydrogens (tertiary/aromatic N) is 5. The van der Waals surface area contributed by atoms with Crippen molar-refractivity contribution in [3.8, 4) is 5.75 Å². The Morgan fingerprint density at radius 1 is 1.36 bits per heavy atom. The molecule has 138 valence electrons. The normalized spacial score (nSPS) is 11.0. The highest BCUT2D eigenvalue weighted by molar-refractivity contribution is 14.0. The number of nitrogens with one attached hydrogen (secondary N) is 1. The molecule has 0 fully saturated rings. The van der Waals surface area contributed by atoms with Crippen molar-refractivity contribution < 1.29 is 9.13 Å². The number of halogens is 2. The van der Waals surface area contributed by atoms with Crippen LogP contribution in [0.2, 0.25) is 0 Å². The average molecular weight is 462 g/mol. The molecule has 0 aliphatic heterocycles. The van der Waals surface area contributed by atoms with Crippen molar-refractivity contribution in [2.24, 2.45) is 12.0 Å². The van der Waals surface area contributed by atoms with Gasteiger partial charge in [-0.05, 0) is 19.1 Å². The highest BCUT2D eigenvalue weighted by Crippen LogP contribution is 2.14. The maximum atomic E-state index is 13.5. The van der Waals surface area contributed by atoms with Gasteiger partial charge in [-0.15, -0.1) is 34.2 Å². The molecule has 7 nitrogen and oxygen atoms in total. The predicted molar refractivity (Wildman–Crippen MR) is 106 cm³/mol. The van der Waals surface area contributed by atoms with Crippen molar-refractivity contribution in [2.75, 3.05) is 27.2 Å². The summed E-state index contributed by atoms with van der Waals surface area (Å²) in [6, 6.07) is 6.36. The van der Waals surface area contributed by atoms with Gasteiger partial charge in [-0.1, -0.05) is 12.1 Å². The lowest BCUT2D eigenvalue weighted by Crippen LogP contribution is -2.40. The Morgan fingerprint density at radius 3 is 2.68 bits per heavy atom. The molecule has 2 aromatic rings. The van der Waals surface area contributed by atoms with Crippen LogP contribution in [0.1, 0.15) is 11.6 Å². The molecule has 25 heavy (non-hydrogen) atoms. The standard InChI is InChI=1S/C16H23FN6O.HI/c1-12-20-21-15(23(12)4)11-19-16(18-2)22(3)9-10-24-14-8-6-5-7-13(14)17;/h5-8H,9-11H2,1-4H3,(H,18,19);1H. The summed E-state index contributed by atoms with van der Waals surface area (Å²) >= 11 is 0. The third kappa shape index (κ3) is 5.83. The van der Waals surface area contributed by atoms with E-state index in [0.29, 0.717) is 25.7 Å². The third-order valence-electron chi connectivity index (χ3n) is 3.68. The van der Waals surface area contributed by atoms with Gasteiger partial charge in [0.2, 0.25) is 0 Å². The van der Waals surface area contributed by atoms with E-state index < -0.39 is 0 Å². The minimum atomic E-state index is -0.361. The SMILES string of the molecule is CN=C(NCc1nnc(C)n1C)N(C)CCOc1ccccc1F.I. The van der Waals surface area contributed by atoms with Crippen molar-refractivity contribution >= 4 is 29.9 Å². The summed E-state index contributed by atoms with van der Waals surface area (Å²) in [5, 5.41) is 11.3. The number of guanidine groups is 1. The van der Waals surface area contributed by atoms with Gasteiger partial charge in [0.1, 0.15) is 12.4 Å². The van der Waals surface area contributed by atoms with Gasteiger partial charge < -0.3 is 19.5 Å². The van der Waals surface area contributed by atoms with E-state index in [1.165, 1.54) is 6.07 Å². The van der Waals surface area contributed by atoms with Crippen LogP contribution in [0.5, 0.6) is 5.75 Å². The summed E-state index contributed by atoms with van der Waals surface area (Å²) in [4.78, 5) is 6.13. The van der Waals surface area contributed by atoms with E-state index in [4.69, 9.17) is 4.74 Å². The Bertz CT molecular complexity index is 706. The monoisotopic (exact) mass is 462 g/mol. The molecule has 0 amide bonds. The lowest BCUT2D eigenvalue weighted by Gasteiger charge is -2.22. The Labute approximate surface area is 164 Å². The summed E-state index contributed by atoms with van der Waals surface area (Å²) < 4.78 is 20.9. The van der Waals surface area contributed by atoms with Gasteiger partial charge in [-0.3, -0.25) is 4.99 Å². The molecule has 2 rings (SSSR count). The molecule has 0 atom stereocenters. The van der Waals surface area contributed by atoms with E-state index in [0.717, 1.165) is 11.6 Å². The fourth-order valence-corrected chi connectivity index (χ4v) is 2.11. The van der Waals surface area contributed by atoms with Crippen LogP contribution < -0.4 is 10.1 Å². The van der Waals surface area contributed by atoms with Crippen LogP contribution in [0, 0.1) is 12.7 Å². The summed E-state index contributed by atoms with van der Waals surface area (Å²) in [5.41, 5.74) is 0. The second-order valence-corrected chi connectivity index (χ2v) is 5.32. The molecule has 0 aliphatic carbocycles. The first-order valence-electron chi connectivity index (χ1n) is 7.67. The molecule has 1 N–H and O–H groups in total. The molecular formula is C16H24FIN6O. The van der Waals surface area contributed by atoms with E-state index in [1.54, 1.807) is 25.2 Å². The lowest BCUT2D eigenvalue weighted by molar-refractivity contribution is 0.270. The number of hydrogen-bond acceptors (Lipinski definition) is 4. The quantitative estimate of drug-likeness (QED) is 0.404. The molecule has 0 bridgehead atoms. The zero-order valence-corrected chi connectivity index (χ0v) is 17.2. The number of aliphatic imine (C=N–C) groups is 1. The summed E-state index contributed by atoms with van der Waals surface area (Å²) in [6.07, 6.45) is 0. The Kier molecular flexibility index (Phi) is 8.59. The molecule has 0 spiro atoms. The highest BCUT2D eigenvalue weighted by atomic mass is 127. The van der Waals surface area contributed by atoms with Gasteiger partial charge in [-0.25, -0.2) is 4.39 Å². The first-order valence-corrected chi connectivity index (χ1v) is 7.67. The largest absolute Gasteiger partial charge is 0.489 e. The number of aryl methyl sites for hydroxylation is 1. The smallest absolute Gasteiger partial charge is 0.193 e. The van der Waals surface area contributed by atoms with Gasteiger partial charge >= 0.3 is 0 Å². The molecule has 0 saturated carbocycles. The zero-order valence-electron chi connectivity index (χ0n) is 14.9. The Morgan fingerprint density at radius 2 is 2.08 bits per heavy atom. The third-order valence-corrected chi connectivity index (χ3v) is 3.68. The minimum absolute atomic E-state index is 0. The molecule has 0 radical (unpaired) electrons. The lowest BCUT2D eigenvalue weighted by atomic mass is 10.3. The van der Waals surface area contributed by atoms with Crippen molar-refractivity contribution in [1.29, 1.82) is 0 Å². The number of aromatic nitrogens is 3. The van der Waals surface area contributed by atoms with Crippen LogP contribution in [0.3, 0.4) is 0 Å². The first kappa shape index (κ1) is 21.1. The second-order valence-electron chi connectivity index (χ2n) is 5.32. The van der Waals surface area contributed by atoms with E-state index in [9.17, 15) is 4.39 Å². The number of rotatable bonds is 6. The Hall–Kier alpha value is -1.91. The van der Waals surface area contributed by atoms with Gasteiger partial charge in [0.25, 0.3) is 0 Å². The van der Waals surface area contributed by atoms with Gasteiger partial charge in [-0.2, -0.15) is 0 Å². The summed E-state index contributed by atoms with van der Waals surface area (Å²) in [6.45, 7) is 3.33. The van der Waals surface area contributed by atoms with Crippen LogP contribution in [-0.4, -0.2) is 52.9 Å². The number of hydrogen-bond donors (Lipinski definition) is 1. The topological polar surface area (TPSA) is 67.6 Å². The van der Waals surface area contributed by atoms with Gasteiger partial charge in [0, 0.05) is 21.1 Å². The molecule has 1 heterocycles. The summed E-state index contributed by atoms with van der Waals surface area (Å²) in [7, 11) is 5.52. The zero-order chi connectivity index (χ0) is 17.5. The van der Waals surface area contributed by atoms with Crippen molar-refractivity contribution in [3.63, 3.8) is 0 Å². The predicted octanol–water partition coefficient (Wildman–Crippen LogP) is 1.97. The first-order chi connectivity index (χ1) is 11.5. The molecule has 0 unspecified atom stereocenters. The maximum absolute atomic E-state index is 13.5. The maximum Gasteiger partial charge on any atom is 0.193 e. The van der Waals surface area contributed by atoms with Crippen LogP contribution in [0.25, 0.3) is 0 Å². The molecule has 1 aromatic carbocycles. The van der Waals surface area contributed by atoms with E-state index >= 15 is 0 Å². The van der Waals surface area contributed by atoms with Gasteiger partial charge in [0.05, 0.1) is 13.1 Å². The number of likely N-dealkylation sites (N-methyl/N-ethyl adjacent to an activating group) is 1. The van der Waals surface area contributed by atoms with Gasteiger partial charge in [0.15, 0.2) is 23.4 Å². The van der Waals surface area contributed by atoms with Crippen LogP contribution in [0.4, 0.5) is 4.39 Å². The minimum Gasteiger partial charge on any atom is -0.489 e. The van der Waals surface area contributed by atoms with Crippen molar-refractivity contribution in [1.82, 2.24) is 25.0 Å². The highest BCUT2D eigenvalue weighted by Gasteiger charge is 2.10. The fourth-order valence-electron chi connectivity index (χ4n) is 2.11. The van der Waals surface area contributed by atoms with E-state index in [2.05, 4.69) is 20.5 Å². The van der Waals surface area contributed by atoms with Crippen molar-refractivity contribution in [2.45, 2.75) is 13.5 Å². The molecule has 1 aromatic heterocycles. The van der Waals surface area contributed by atoms with Crippen LogP contribution >= 0.6 is 24.0 Å². The van der Waals surface area contributed by atoms with E-state index in [1.807, 2.05) is 30.5 Å². The number of benzene rings is 1. The average Bonchev–Trinajstić information content (AvgIpc) is 2.89. The fraction of sp³-hybridized carbons (Fsp3) is 0.438. The van der Waals surface area contributed by atoms with Crippen LogP contribution in [0.15, 0.2) is 29.3 Å². The van der Waals surface area contributed by atoms with Crippen molar-refractivity contribution in [3.05, 3.63) is 41.7 Å².